The van der Waals surface area contributed by atoms with Crippen LogP contribution >= 0.6 is 27.7 Å². The summed E-state index contributed by atoms with van der Waals surface area (Å²) in [5, 5.41) is 0.749. The quantitative estimate of drug-likeness (QED) is 0.724. The first kappa shape index (κ1) is 12.4. The van der Waals surface area contributed by atoms with Gasteiger partial charge in [-0.05, 0) is 32.4 Å². The molecular formula is C10H18BrNOS. The fourth-order valence-corrected chi connectivity index (χ4v) is 2.81. The predicted molar refractivity (Wildman–Crippen MR) is 66.1 cm³/mol. The molecule has 1 heterocycles. The zero-order valence-corrected chi connectivity index (χ0v) is 11.2. The van der Waals surface area contributed by atoms with Crippen LogP contribution in [-0.2, 0) is 4.79 Å². The van der Waals surface area contributed by atoms with Gasteiger partial charge in [-0.1, -0.05) is 15.9 Å². The predicted octanol–water partition coefficient (Wildman–Crippen LogP) is 2.51. The average Bonchev–Trinajstić information content (AvgIpc) is 2.41. The maximum atomic E-state index is 11.7. The molecule has 0 aromatic heterocycles. The lowest BCUT2D eigenvalue weighted by atomic mass is 10.2. The van der Waals surface area contributed by atoms with Crippen LogP contribution in [-0.4, -0.2) is 40.2 Å². The van der Waals surface area contributed by atoms with Gasteiger partial charge in [0.25, 0.3) is 0 Å². The second kappa shape index (κ2) is 6.01. The molecule has 0 aromatic rings. The van der Waals surface area contributed by atoms with Crippen LogP contribution in [0, 0.1) is 0 Å². The largest absolute Gasteiger partial charge is 0.342 e. The Labute approximate surface area is 98.9 Å². The molecule has 1 aliphatic rings. The highest BCUT2D eigenvalue weighted by molar-refractivity contribution is 9.10. The molecule has 14 heavy (non-hydrogen) atoms. The van der Waals surface area contributed by atoms with E-state index in [0.29, 0.717) is 0 Å². The minimum atomic E-state index is -0.0340. The molecule has 0 saturated carbocycles. The maximum Gasteiger partial charge on any atom is 0.236 e. The summed E-state index contributed by atoms with van der Waals surface area (Å²) in [7, 11) is 0. The van der Waals surface area contributed by atoms with E-state index in [4.69, 9.17) is 0 Å². The van der Waals surface area contributed by atoms with Gasteiger partial charge in [0.15, 0.2) is 0 Å². The number of likely N-dealkylation sites (tertiary alicyclic amines) is 1. The summed E-state index contributed by atoms with van der Waals surface area (Å²) in [6, 6.07) is 0. The Hall–Kier alpha value is 0.300. The molecule has 2 unspecified atom stereocenters. The van der Waals surface area contributed by atoms with Crippen LogP contribution in [0.4, 0.5) is 0 Å². The second-order valence-corrected chi connectivity index (χ2v) is 6.24. The summed E-state index contributed by atoms with van der Waals surface area (Å²) in [4.78, 5) is 13.7. The Morgan fingerprint density at radius 3 is 2.79 bits per heavy atom. The lowest BCUT2D eigenvalue weighted by Gasteiger charge is -2.21. The van der Waals surface area contributed by atoms with E-state index in [2.05, 4.69) is 22.2 Å². The highest BCUT2D eigenvalue weighted by atomic mass is 79.9. The molecule has 1 aliphatic heterocycles. The maximum absolute atomic E-state index is 11.7. The third-order valence-corrected chi connectivity index (χ3v) is 4.19. The van der Waals surface area contributed by atoms with Gasteiger partial charge in [-0.15, -0.1) is 0 Å². The number of carbonyl (C=O) groups is 1. The van der Waals surface area contributed by atoms with Gasteiger partial charge < -0.3 is 4.90 Å². The Morgan fingerprint density at radius 2 is 2.21 bits per heavy atom. The fourth-order valence-electron chi connectivity index (χ4n) is 1.77. The molecule has 4 heteroatoms. The number of alkyl halides is 1. The SMILES string of the molecule is CSC1CCCN(C(=O)C(C)Br)CC1. The van der Waals surface area contributed by atoms with Crippen molar-refractivity contribution in [2.75, 3.05) is 19.3 Å². The number of hydrogen-bond donors (Lipinski definition) is 0. The third kappa shape index (κ3) is 3.46. The van der Waals surface area contributed by atoms with Crippen molar-refractivity contribution in [2.24, 2.45) is 0 Å². The van der Waals surface area contributed by atoms with Crippen molar-refractivity contribution >= 4 is 33.6 Å². The molecule has 0 spiro atoms. The number of thioether (sulfide) groups is 1. The Bertz CT molecular complexity index is 199. The first-order valence-corrected chi connectivity index (χ1v) is 7.31. The standard InChI is InChI=1S/C10H18BrNOS/c1-8(11)10(13)12-6-3-4-9(14-2)5-7-12/h8-9H,3-7H2,1-2H3. The van der Waals surface area contributed by atoms with E-state index in [0.717, 1.165) is 31.2 Å². The van der Waals surface area contributed by atoms with Gasteiger partial charge in [-0.3, -0.25) is 4.79 Å². The van der Waals surface area contributed by atoms with Crippen molar-refractivity contribution in [3.8, 4) is 0 Å². The zero-order valence-electron chi connectivity index (χ0n) is 8.83. The zero-order chi connectivity index (χ0) is 10.6. The summed E-state index contributed by atoms with van der Waals surface area (Å²) < 4.78 is 0. The highest BCUT2D eigenvalue weighted by Gasteiger charge is 2.22. The topological polar surface area (TPSA) is 20.3 Å². The summed E-state index contributed by atoms with van der Waals surface area (Å²) in [5.41, 5.74) is 0. The van der Waals surface area contributed by atoms with E-state index in [9.17, 15) is 4.79 Å². The molecule has 1 amide bonds. The van der Waals surface area contributed by atoms with E-state index in [1.165, 1.54) is 6.42 Å². The van der Waals surface area contributed by atoms with E-state index in [1.807, 2.05) is 23.6 Å². The van der Waals surface area contributed by atoms with Crippen LogP contribution in [0.3, 0.4) is 0 Å². The van der Waals surface area contributed by atoms with Crippen LogP contribution in [0.1, 0.15) is 26.2 Å². The van der Waals surface area contributed by atoms with Crippen LogP contribution in [0.2, 0.25) is 0 Å². The number of hydrogen-bond acceptors (Lipinski definition) is 2. The van der Waals surface area contributed by atoms with Crippen molar-refractivity contribution in [1.29, 1.82) is 0 Å². The summed E-state index contributed by atoms with van der Waals surface area (Å²) in [6.07, 6.45) is 5.71. The van der Waals surface area contributed by atoms with E-state index < -0.39 is 0 Å². The van der Waals surface area contributed by atoms with Gasteiger partial charge in [-0.25, -0.2) is 0 Å². The van der Waals surface area contributed by atoms with Crippen LogP contribution in [0.15, 0.2) is 0 Å². The van der Waals surface area contributed by atoms with Gasteiger partial charge in [0.1, 0.15) is 0 Å². The van der Waals surface area contributed by atoms with Gasteiger partial charge >= 0.3 is 0 Å². The molecule has 0 aliphatic carbocycles. The normalized spacial score (nSPS) is 25.6. The minimum absolute atomic E-state index is 0.0340. The highest BCUT2D eigenvalue weighted by Crippen LogP contribution is 2.21. The number of carbonyl (C=O) groups excluding carboxylic acids is 1. The van der Waals surface area contributed by atoms with Crippen molar-refractivity contribution in [2.45, 2.75) is 36.3 Å². The van der Waals surface area contributed by atoms with Crippen LogP contribution in [0.25, 0.3) is 0 Å². The van der Waals surface area contributed by atoms with Crippen LogP contribution in [0.5, 0.6) is 0 Å². The van der Waals surface area contributed by atoms with Gasteiger partial charge in [0, 0.05) is 18.3 Å². The molecule has 0 bridgehead atoms. The molecule has 2 nitrogen and oxygen atoms in total. The van der Waals surface area contributed by atoms with Gasteiger partial charge in [0.2, 0.25) is 5.91 Å². The number of amides is 1. The fraction of sp³-hybridized carbons (Fsp3) is 0.900. The van der Waals surface area contributed by atoms with E-state index in [1.54, 1.807) is 0 Å². The lowest BCUT2D eigenvalue weighted by Crippen LogP contribution is -2.36. The molecule has 2 atom stereocenters. The molecule has 0 aromatic carbocycles. The number of halogens is 1. The number of nitrogens with zero attached hydrogens (tertiary/aromatic N) is 1. The molecular weight excluding hydrogens is 262 g/mol. The van der Waals surface area contributed by atoms with Crippen LogP contribution < -0.4 is 0 Å². The minimum Gasteiger partial charge on any atom is -0.342 e. The van der Waals surface area contributed by atoms with E-state index in [-0.39, 0.29) is 10.7 Å². The lowest BCUT2D eigenvalue weighted by molar-refractivity contribution is -0.130. The van der Waals surface area contributed by atoms with E-state index >= 15 is 0 Å². The smallest absolute Gasteiger partial charge is 0.236 e. The number of rotatable bonds is 2. The van der Waals surface area contributed by atoms with Crippen molar-refractivity contribution < 1.29 is 4.79 Å². The molecule has 82 valence electrons. The van der Waals surface area contributed by atoms with Gasteiger partial charge in [-0.2, -0.15) is 11.8 Å². The summed E-state index contributed by atoms with van der Waals surface area (Å²) in [5.74, 6) is 0.242. The monoisotopic (exact) mass is 279 g/mol. The third-order valence-electron chi connectivity index (χ3n) is 2.66. The first-order valence-electron chi connectivity index (χ1n) is 5.10. The first-order chi connectivity index (χ1) is 6.65. The molecule has 1 rings (SSSR count). The van der Waals surface area contributed by atoms with Crippen molar-refractivity contribution in [3.05, 3.63) is 0 Å². The Kier molecular flexibility index (Phi) is 5.31. The molecule has 0 N–H and O–H groups in total. The molecule has 0 radical (unpaired) electrons. The Balaban J connectivity index is 2.45. The molecule has 1 fully saturated rings. The average molecular weight is 280 g/mol. The summed E-state index contributed by atoms with van der Waals surface area (Å²) >= 11 is 5.27. The van der Waals surface area contributed by atoms with Crippen molar-refractivity contribution in [1.82, 2.24) is 4.90 Å². The van der Waals surface area contributed by atoms with Gasteiger partial charge in [0.05, 0.1) is 4.83 Å². The molecule has 1 saturated heterocycles. The van der Waals surface area contributed by atoms with Crippen molar-refractivity contribution in [3.63, 3.8) is 0 Å². The Morgan fingerprint density at radius 1 is 1.50 bits per heavy atom. The second-order valence-electron chi connectivity index (χ2n) is 3.73. The summed E-state index contributed by atoms with van der Waals surface area (Å²) in [6.45, 7) is 3.77.